The molecule has 7 unspecified atom stereocenters. The van der Waals surface area contributed by atoms with E-state index < -0.39 is 49.5 Å². The Bertz CT molecular complexity index is 286. The molecule has 1 saturated heterocycles. The molecule has 0 aromatic rings. The number of aldehydes is 1. The molecule has 0 saturated carbocycles. The summed E-state index contributed by atoms with van der Waals surface area (Å²) in [6.07, 6.45) is -10.6. The number of carbonyl (C=O) groups excluding carboxylic acids is 1. The molecule has 1 fully saturated rings. The second kappa shape index (κ2) is 7.22. The third-order valence-corrected chi connectivity index (χ3v) is 2.80. The van der Waals surface area contributed by atoms with Crippen molar-refractivity contribution in [3.63, 3.8) is 0 Å². The van der Waals surface area contributed by atoms with Gasteiger partial charge in [0, 0.05) is 0 Å². The lowest BCUT2D eigenvalue weighted by atomic mass is 10.0. The van der Waals surface area contributed by atoms with Gasteiger partial charge in [-0.2, -0.15) is 0 Å². The summed E-state index contributed by atoms with van der Waals surface area (Å²) >= 11 is 0. The summed E-state index contributed by atoms with van der Waals surface area (Å²) < 4.78 is 9.80. The first kappa shape index (κ1) is 16.4. The van der Waals surface area contributed by atoms with Gasteiger partial charge in [-0.25, -0.2) is 0 Å². The first-order chi connectivity index (χ1) is 8.92. The maximum atomic E-state index is 10.8. The normalized spacial score (nSPS) is 36.5. The Hall–Kier alpha value is -0.650. The average molecular weight is 282 g/mol. The van der Waals surface area contributed by atoms with E-state index in [1.165, 1.54) is 0 Å². The topological polar surface area (TPSA) is 157 Å². The minimum Gasteiger partial charge on any atom is -0.394 e. The highest BCUT2D eigenvalue weighted by Crippen LogP contribution is 2.19. The fourth-order valence-electron chi connectivity index (χ4n) is 1.57. The highest BCUT2D eigenvalue weighted by atomic mass is 16.7. The molecule has 1 aliphatic rings. The van der Waals surface area contributed by atoms with Crippen molar-refractivity contribution in [2.45, 2.75) is 42.9 Å². The van der Waals surface area contributed by atoms with Crippen molar-refractivity contribution in [3.05, 3.63) is 0 Å². The third kappa shape index (κ3) is 3.91. The van der Waals surface area contributed by atoms with Crippen molar-refractivity contribution in [1.29, 1.82) is 0 Å². The summed E-state index contributed by atoms with van der Waals surface area (Å²) in [6, 6.07) is 0. The summed E-state index contributed by atoms with van der Waals surface area (Å²) in [5.41, 5.74) is 0. The fourth-order valence-corrected chi connectivity index (χ4v) is 1.57. The van der Waals surface area contributed by atoms with Crippen LogP contribution in [0.4, 0.5) is 0 Å². The van der Waals surface area contributed by atoms with Crippen LogP contribution in [0.5, 0.6) is 0 Å². The van der Waals surface area contributed by atoms with Gasteiger partial charge in [0.15, 0.2) is 12.6 Å². The van der Waals surface area contributed by atoms with Gasteiger partial charge in [0.05, 0.1) is 13.2 Å². The van der Waals surface area contributed by atoms with Crippen LogP contribution in [0, 0.1) is 0 Å². The van der Waals surface area contributed by atoms with Gasteiger partial charge in [0.1, 0.15) is 36.6 Å². The summed E-state index contributed by atoms with van der Waals surface area (Å²) in [5, 5.41) is 55.5. The summed E-state index contributed by atoms with van der Waals surface area (Å²) in [7, 11) is 0. The Morgan fingerprint density at radius 3 is 2.42 bits per heavy atom. The SMILES string of the molecule is O=CC(OC1OCC(O)C(O)C1O)C(O)C(O)CO. The molecule has 112 valence electrons. The van der Waals surface area contributed by atoms with Crippen molar-refractivity contribution < 1.29 is 44.9 Å². The number of aliphatic hydroxyl groups excluding tert-OH is 6. The lowest BCUT2D eigenvalue weighted by Crippen LogP contribution is -2.56. The minimum absolute atomic E-state index is 0.164. The van der Waals surface area contributed by atoms with Crippen LogP contribution in [0.1, 0.15) is 0 Å². The molecule has 9 nitrogen and oxygen atoms in total. The van der Waals surface area contributed by atoms with E-state index in [0.29, 0.717) is 0 Å². The van der Waals surface area contributed by atoms with E-state index in [-0.39, 0.29) is 12.9 Å². The van der Waals surface area contributed by atoms with Crippen LogP contribution in [0.25, 0.3) is 0 Å². The molecule has 9 heteroatoms. The Balaban J connectivity index is 2.63. The minimum atomic E-state index is -1.72. The van der Waals surface area contributed by atoms with E-state index in [9.17, 15) is 30.3 Å². The van der Waals surface area contributed by atoms with Crippen LogP contribution < -0.4 is 0 Å². The summed E-state index contributed by atoms with van der Waals surface area (Å²) in [6.45, 7) is -1.11. The van der Waals surface area contributed by atoms with E-state index in [4.69, 9.17) is 14.6 Å². The largest absolute Gasteiger partial charge is 0.394 e. The van der Waals surface area contributed by atoms with Gasteiger partial charge in [-0.1, -0.05) is 0 Å². The maximum absolute atomic E-state index is 10.8. The third-order valence-electron chi connectivity index (χ3n) is 2.80. The Kier molecular flexibility index (Phi) is 6.23. The Morgan fingerprint density at radius 1 is 1.26 bits per heavy atom. The quantitative estimate of drug-likeness (QED) is 0.265. The number of ether oxygens (including phenoxy) is 2. The number of hydrogen-bond donors (Lipinski definition) is 6. The Labute approximate surface area is 108 Å². The predicted octanol–water partition coefficient (Wildman–Crippen LogP) is -4.28. The van der Waals surface area contributed by atoms with Crippen LogP contribution in [0.3, 0.4) is 0 Å². The number of carbonyl (C=O) groups is 1. The fraction of sp³-hybridized carbons (Fsp3) is 0.900. The summed E-state index contributed by atoms with van der Waals surface area (Å²) in [5.74, 6) is 0. The molecule has 0 aromatic heterocycles. The van der Waals surface area contributed by atoms with Crippen molar-refractivity contribution in [3.8, 4) is 0 Å². The second-order valence-corrected chi connectivity index (χ2v) is 4.23. The molecule has 0 aliphatic carbocycles. The second-order valence-electron chi connectivity index (χ2n) is 4.23. The maximum Gasteiger partial charge on any atom is 0.187 e. The molecule has 19 heavy (non-hydrogen) atoms. The zero-order valence-corrected chi connectivity index (χ0v) is 9.94. The molecular formula is C10H18O9. The molecule has 1 heterocycles. The smallest absolute Gasteiger partial charge is 0.187 e. The lowest BCUT2D eigenvalue weighted by molar-refractivity contribution is -0.287. The van der Waals surface area contributed by atoms with E-state index in [0.717, 1.165) is 0 Å². The van der Waals surface area contributed by atoms with E-state index in [1.807, 2.05) is 0 Å². The number of aliphatic hydroxyl groups is 6. The molecule has 0 aromatic carbocycles. The van der Waals surface area contributed by atoms with Crippen LogP contribution in [0.15, 0.2) is 0 Å². The van der Waals surface area contributed by atoms with Crippen molar-refractivity contribution in [2.75, 3.05) is 13.2 Å². The zero-order valence-electron chi connectivity index (χ0n) is 9.94. The van der Waals surface area contributed by atoms with Gasteiger partial charge in [0.2, 0.25) is 0 Å². The molecule has 0 amide bonds. The van der Waals surface area contributed by atoms with Gasteiger partial charge in [-0.15, -0.1) is 0 Å². The molecule has 1 aliphatic heterocycles. The van der Waals surface area contributed by atoms with Gasteiger partial charge in [0.25, 0.3) is 0 Å². The van der Waals surface area contributed by atoms with E-state index in [1.54, 1.807) is 0 Å². The average Bonchev–Trinajstić information content (AvgIpc) is 2.42. The van der Waals surface area contributed by atoms with Crippen LogP contribution in [-0.4, -0.2) is 93.1 Å². The lowest BCUT2D eigenvalue weighted by Gasteiger charge is -2.36. The molecule has 7 atom stereocenters. The van der Waals surface area contributed by atoms with Crippen molar-refractivity contribution >= 4 is 6.29 Å². The Morgan fingerprint density at radius 2 is 1.89 bits per heavy atom. The number of hydrogen-bond acceptors (Lipinski definition) is 9. The highest BCUT2D eigenvalue weighted by Gasteiger charge is 2.41. The van der Waals surface area contributed by atoms with Crippen molar-refractivity contribution in [2.24, 2.45) is 0 Å². The van der Waals surface area contributed by atoms with Gasteiger partial charge >= 0.3 is 0 Å². The zero-order chi connectivity index (χ0) is 14.6. The van der Waals surface area contributed by atoms with Crippen molar-refractivity contribution in [1.82, 2.24) is 0 Å². The van der Waals surface area contributed by atoms with Crippen LogP contribution >= 0.6 is 0 Å². The summed E-state index contributed by atoms with van der Waals surface area (Å²) in [4.78, 5) is 10.8. The first-order valence-electron chi connectivity index (χ1n) is 5.66. The van der Waals surface area contributed by atoms with E-state index in [2.05, 4.69) is 0 Å². The van der Waals surface area contributed by atoms with Gasteiger partial charge < -0.3 is 44.9 Å². The molecule has 6 N–H and O–H groups in total. The molecule has 0 radical (unpaired) electrons. The molecule has 0 spiro atoms. The predicted molar refractivity (Wildman–Crippen MR) is 57.8 cm³/mol. The first-order valence-corrected chi connectivity index (χ1v) is 5.66. The van der Waals surface area contributed by atoms with Gasteiger partial charge in [-0.3, -0.25) is 0 Å². The van der Waals surface area contributed by atoms with E-state index >= 15 is 0 Å². The highest BCUT2D eigenvalue weighted by molar-refractivity contribution is 5.57. The number of rotatable bonds is 6. The van der Waals surface area contributed by atoms with Crippen LogP contribution in [-0.2, 0) is 14.3 Å². The molecule has 0 bridgehead atoms. The molecular weight excluding hydrogens is 264 g/mol. The van der Waals surface area contributed by atoms with Gasteiger partial charge in [-0.05, 0) is 0 Å². The van der Waals surface area contributed by atoms with Crippen LogP contribution in [0.2, 0.25) is 0 Å². The monoisotopic (exact) mass is 282 g/mol. The molecule has 1 rings (SSSR count). The standard InChI is InChI=1S/C10H18O9/c11-1-4(13)7(15)6(2-12)19-10-9(17)8(16)5(14)3-18-10/h2,4-11,13-17H,1,3H2.